The highest BCUT2D eigenvalue weighted by Crippen LogP contribution is 2.24. The number of rotatable bonds is 3. The maximum atomic E-state index is 13.2. The van der Waals surface area contributed by atoms with Gasteiger partial charge in [-0.2, -0.15) is 10.5 Å². The van der Waals surface area contributed by atoms with Crippen LogP contribution in [-0.4, -0.2) is 20.5 Å². The molecule has 0 atom stereocenters. The number of H-pyrrole nitrogens is 1. The van der Waals surface area contributed by atoms with Gasteiger partial charge in [0.15, 0.2) is 5.69 Å². The molecule has 8 nitrogen and oxygen atoms in total. The minimum absolute atomic E-state index is 0.0538. The van der Waals surface area contributed by atoms with Gasteiger partial charge in [-0.15, -0.1) is 0 Å². The molecule has 1 amide bonds. The Bertz CT molecular complexity index is 1490. The summed E-state index contributed by atoms with van der Waals surface area (Å²) in [6.45, 7) is 1.57. The van der Waals surface area contributed by atoms with E-state index in [1.54, 1.807) is 31.2 Å². The number of anilines is 1. The van der Waals surface area contributed by atoms with E-state index in [0.717, 1.165) is 0 Å². The fourth-order valence-corrected chi connectivity index (χ4v) is 3.48. The van der Waals surface area contributed by atoms with Crippen LogP contribution in [-0.2, 0) is 0 Å². The zero-order chi connectivity index (χ0) is 22.1. The van der Waals surface area contributed by atoms with Gasteiger partial charge in [-0.05, 0) is 25.1 Å². The number of benzene rings is 2. The standard InChI is InChI=1S/C22H13ClN6O2/c1-12-18(22(31)27-16-9-15(23)8-7-14(16)10-24)20(30)21-26-17(11-25)19(29(21)28-12)13-5-3-2-4-6-13/h2-9,28H,1H3,(H,27,31). The average Bonchev–Trinajstić information content (AvgIpc) is 3.13. The van der Waals surface area contributed by atoms with Gasteiger partial charge in [-0.3, -0.25) is 14.7 Å². The first-order chi connectivity index (χ1) is 14.9. The molecule has 4 rings (SSSR count). The highest BCUT2D eigenvalue weighted by atomic mass is 35.5. The molecule has 0 saturated heterocycles. The van der Waals surface area contributed by atoms with Gasteiger partial charge < -0.3 is 5.32 Å². The topological polar surface area (TPSA) is 127 Å². The Balaban J connectivity index is 1.87. The Kier molecular flexibility index (Phi) is 5.00. The van der Waals surface area contributed by atoms with Crippen LogP contribution in [0.2, 0.25) is 5.02 Å². The Morgan fingerprint density at radius 1 is 1.16 bits per heavy atom. The zero-order valence-corrected chi connectivity index (χ0v) is 16.9. The largest absolute Gasteiger partial charge is 0.321 e. The van der Waals surface area contributed by atoms with Crippen LogP contribution >= 0.6 is 11.6 Å². The van der Waals surface area contributed by atoms with Gasteiger partial charge >= 0.3 is 0 Å². The number of nitriles is 2. The number of aromatic amines is 1. The number of carbonyl (C=O) groups excluding carboxylic acids is 1. The molecule has 0 fully saturated rings. The molecule has 31 heavy (non-hydrogen) atoms. The summed E-state index contributed by atoms with van der Waals surface area (Å²) >= 11 is 5.97. The Labute approximate surface area is 180 Å². The number of imidazole rings is 1. The minimum Gasteiger partial charge on any atom is -0.321 e. The van der Waals surface area contributed by atoms with Crippen LogP contribution in [0.1, 0.15) is 27.3 Å². The van der Waals surface area contributed by atoms with Crippen LogP contribution in [0.3, 0.4) is 0 Å². The van der Waals surface area contributed by atoms with Crippen molar-refractivity contribution in [1.82, 2.24) is 14.6 Å². The number of fused-ring (bicyclic) bond motifs is 1. The Morgan fingerprint density at radius 3 is 2.58 bits per heavy atom. The third kappa shape index (κ3) is 3.42. The number of hydrogen-bond acceptors (Lipinski definition) is 5. The van der Waals surface area contributed by atoms with E-state index in [9.17, 15) is 20.1 Å². The predicted molar refractivity (Wildman–Crippen MR) is 115 cm³/mol. The lowest BCUT2D eigenvalue weighted by Gasteiger charge is -2.10. The monoisotopic (exact) mass is 428 g/mol. The van der Waals surface area contributed by atoms with Gasteiger partial charge in [-0.1, -0.05) is 41.9 Å². The first-order valence-electron chi connectivity index (χ1n) is 9.06. The quantitative estimate of drug-likeness (QED) is 0.515. The van der Waals surface area contributed by atoms with Crippen molar-refractivity contribution in [3.8, 4) is 23.4 Å². The molecular weight excluding hydrogens is 416 g/mol. The van der Waals surface area contributed by atoms with Gasteiger partial charge in [0.1, 0.15) is 23.4 Å². The van der Waals surface area contributed by atoms with Crippen LogP contribution in [0.25, 0.3) is 16.9 Å². The van der Waals surface area contributed by atoms with Crippen molar-refractivity contribution in [3.63, 3.8) is 0 Å². The van der Waals surface area contributed by atoms with Gasteiger partial charge in [-0.25, -0.2) is 9.50 Å². The van der Waals surface area contributed by atoms with Crippen LogP contribution < -0.4 is 10.7 Å². The van der Waals surface area contributed by atoms with Crippen molar-refractivity contribution in [2.75, 3.05) is 5.32 Å². The second-order valence-electron chi connectivity index (χ2n) is 6.64. The summed E-state index contributed by atoms with van der Waals surface area (Å²) in [6.07, 6.45) is 0. The summed E-state index contributed by atoms with van der Waals surface area (Å²) < 4.78 is 1.41. The van der Waals surface area contributed by atoms with E-state index in [0.29, 0.717) is 16.3 Å². The number of nitrogens with one attached hydrogen (secondary N) is 2. The third-order valence-corrected chi connectivity index (χ3v) is 4.93. The van der Waals surface area contributed by atoms with E-state index in [-0.39, 0.29) is 33.8 Å². The Morgan fingerprint density at radius 2 is 1.90 bits per heavy atom. The van der Waals surface area contributed by atoms with Gasteiger partial charge in [0.2, 0.25) is 11.1 Å². The van der Waals surface area contributed by atoms with Crippen molar-refractivity contribution in [2.45, 2.75) is 6.92 Å². The van der Waals surface area contributed by atoms with E-state index >= 15 is 0 Å². The zero-order valence-electron chi connectivity index (χ0n) is 16.1. The van der Waals surface area contributed by atoms with Crippen LogP contribution in [0.4, 0.5) is 5.69 Å². The van der Waals surface area contributed by atoms with Crippen molar-refractivity contribution >= 4 is 28.8 Å². The molecule has 2 N–H and O–H groups in total. The molecule has 150 valence electrons. The summed E-state index contributed by atoms with van der Waals surface area (Å²) in [6, 6.07) is 17.4. The first-order valence-corrected chi connectivity index (χ1v) is 9.44. The summed E-state index contributed by atoms with van der Waals surface area (Å²) in [5, 5.41) is 24.7. The first kappa shape index (κ1) is 19.9. The highest BCUT2D eigenvalue weighted by molar-refractivity contribution is 6.31. The van der Waals surface area contributed by atoms with Gasteiger partial charge in [0, 0.05) is 16.3 Å². The smallest absolute Gasteiger partial charge is 0.261 e. The SMILES string of the molecule is Cc1[nH]n2c(-c3ccccc3)c(C#N)nc2c(=O)c1C(=O)Nc1cc(Cl)ccc1C#N. The van der Waals surface area contributed by atoms with Crippen molar-refractivity contribution < 1.29 is 4.79 Å². The number of amides is 1. The van der Waals surface area contributed by atoms with Crippen molar-refractivity contribution in [3.05, 3.63) is 86.3 Å². The maximum Gasteiger partial charge on any atom is 0.261 e. The number of nitrogens with zero attached hydrogens (tertiary/aromatic N) is 4. The van der Waals surface area contributed by atoms with Crippen molar-refractivity contribution in [1.29, 1.82) is 10.5 Å². The lowest BCUT2D eigenvalue weighted by atomic mass is 10.1. The summed E-state index contributed by atoms with van der Waals surface area (Å²) in [5.41, 5.74) is 0.920. The number of carbonyl (C=O) groups is 1. The molecule has 0 unspecified atom stereocenters. The summed E-state index contributed by atoms with van der Waals surface area (Å²) in [4.78, 5) is 30.2. The van der Waals surface area contributed by atoms with E-state index in [4.69, 9.17) is 11.6 Å². The molecule has 0 aliphatic heterocycles. The van der Waals surface area contributed by atoms with Crippen molar-refractivity contribution in [2.24, 2.45) is 0 Å². The van der Waals surface area contributed by atoms with Gasteiger partial charge in [0.25, 0.3) is 5.91 Å². The lowest BCUT2D eigenvalue weighted by molar-refractivity contribution is 0.102. The van der Waals surface area contributed by atoms with Gasteiger partial charge in [0.05, 0.1) is 11.3 Å². The maximum absolute atomic E-state index is 13.2. The van der Waals surface area contributed by atoms with E-state index < -0.39 is 11.3 Å². The summed E-state index contributed by atoms with van der Waals surface area (Å²) in [5.74, 6) is -0.720. The molecule has 0 bridgehead atoms. The molecule has 2 aromatic heterocycles. The second-order valence-corrected chi connectivity index (χ2v) is 7.08. The normalized spacial score (nSPS) is 10.5. The fourth-order valence-electron chi connectivity index (χ4n) is 3.30. The molecule has 4 aromatic rings. The molecular formula is C22H13ClN6O2. The molecule has 9 heteroatoms. The van der Waals surface area contributed by atoms with Crippen LogP contribution in [0.15, 0.2) is 53.3 Å². The molecule has 0 aliphatic rings. The molecule has 2 aromatic carbocycles. The lowest BCUT2D eigenvalue weighted by Crippen LogP contribution is -2.26. The molecule has 0 saturated carbocycles. The fraction of sp³-hybridized carbons (Fsp3) is 0.0455. The Hall–Kier alpha value is -4.40. The molecule has 0 radical (unpaired) electrons. The highest BCUT2D eigenvalue weighted by Gasteiger charge is 2.23. The predicted octanol–water partition coefficient (Wildman–Crippen LogP) is 3.65. The number of halogens is 1. The molecule has 0 aliphatic carbocycles. The van der Waals surface area contributed by atoms with E-state index in [2.05, 4.69) is 15.4 Å². The summed E-state index contributed by atoms with van der Waals surface area (Å²) in [7, 11) is 0. The van der Waals surface area contributed by atoms with Crippen LogP contribution in [0, 0.1) is 29.6 Å². The third-order valence-electron chi connectivity index (χ3n) is 4.69. The average molecular weight is 429 g/mol. The number of aromatic nitrogens is 3. The second kappa shape index (κ2) is 7.79. The number of hydrogen-bond donors (Lipinski definition) is 2. The van der Waals surface area contributed by atoms with E-state index in [1.807, 2.05) is 18.2 Å². The minimum atomic E-state index is -0.720. The number of aryl methyl sites for hydroxylation is 1. The van der Waals surface area contributed by atoms with E-state index in [1.165, 1.54) is 22.7 Å². The molecule has 2 heterocycles. The van der Waals surface area contributed by atoms with Crippen LogP contribution in [0.5, 0.6) is 0 Å². The molecule has 0 spiro atoms.